The molecule has 6 nitrogen and oxygen atoms in total. The highest BCUT2D eigenvalue weighted by Crippen LogP contribution is 2.27. The van der Waals surface area contributed by atoms with Crippen LogP contribution in [0.15, 0.2) is 36.4 Å². The van der Waals surface area contributed by atoms with Gasteiger partial charge >= 0.3 is 12.0 Å². The molecule has 2 rings (SSSR count). The average Bonchev–Trinajstić information content (AvgIpc) is 2.80. The molecule has 0 unspecified atom stereocenters. The highest BCUT2D eigenvalue weighted by atomic mass is 16.4. The van der Waals surface area contributed by atoms with Gasteiger partial charge in [-0.25, -0.2) is 9.59 Å². The number of imide groups is 1. The number of rotatable bonds is 2. The molecule has 0 spiro atoms. The molecule has 0 fully saturated rings. The summed E-state index contributed by atoms with van der Waals surface area (Å²) < 4.78 is 0. The summed E-state index contributed by atoms with van der Waals surface area (Å²) in [6.45, 7) is 0.501. The summed E-state index contributed by atoms with van der Waals surface area (Å²) in [5.74, 6) is -1.99. The van der Waals surface area contributed by atoms with E-state index in [1.807, 2.05) is 18.2 Å². The van der Waals surface area contributed by atoms with Crippen molar-refractivity contribution in [3.8, 4) is 0 Å². The normalized spacial score (nSPS) is 13.4. The third-order valence-corrected chi connectivity index (χ3v) is 2.74. The molecule has 1 aliphatic rings. The molecule has 0 aromatic heterocycles. The Morgan fingerprint density at radius 2 is 1.95 bits per heavy atom. The Morgan fingerprint density at radius 1 is 1.21 bits per heavy atom. The van der Waals surface area contributed by atoms with Gasteiger partial charge in [-0.05, 0) is 18.1 Å². The number of carboxylic acids is 1. The van der Waals surface area contributed by atoms with Crippen molar-refractivity contribution in [2.24, 2.45) is 0 Å². The van der Waals surface area contributed by atoms with Gasteiger partial charge in [0.1, 0.15) is 0 Å². The van der Waals surface area contributed by atoms with Gasteiger partial charge in [0.25, 0.3) is 5.91 Å². The van der Waals surface area contributed by atoms with Gasteiger partial charge in [0.2, 0.25) is 0 Å². The molecule has 1 aromatic rings. The van der Waals surface area contributed by atoms with Crippen LogP contribution in [0.3, 0.4) is 0 Å². The Morgan fingerprint density at radius 3 is 2.68 bits per heavy atom. The second-order valence-electron chi connectivity index (χ2n) is 4.00. The molecule has 3 amide bonds. The van der Waals surface area contributed by atoms with E-state index in [1.54, 1.807) is 6.07 Å². The lowest BCUT2D eigenvalue weighted by Crippen LogP contribution is -2.41. The maximum atomic E-state index is 11.9. The number of fused-ring (bicyclic) bond motifs is 1. The summed E-state index contributed by atoms with van der Waals surface area (Å²) in [5, 5.41) is 10.5. The third-order valence-electron chi connectivity index (χ3n) is 2.74. The highest BCUT2D eigenvalue weighted by molar-refractivity contribution is 6.08. The van der Waals surface area contributed by atoms with E-state index in [1.165, 1.54) is 4.90 Å². The maximum absolute atomic E-state index is 11.9. The van der Waals surface area contributed by atoms with Crippen molar-refractivity contribution in [3.05, 3.63) is 42.0 Å². The average molecular weight is 260 g/mol. The van der Waals surface area contributed by atoms with Crippen molar-refractivity contribution in [3.63, 3.8) is 0 Å². The Bertz CT molecular complexity index is 566. The van der Waals surface area contributed by atoms with Crippen molar-refractivity contribution in [1.82, 2.24) is 5.32 Å². The lowest BCUT2D eigenvalue weighted by molar-refractivity contribution is -0.131. The largest absolute Gasteiger partial charge is 0.478 e. The molecule has 0 saturated heterocycles. The van der Waals surface area contributed by atoms with Gasteiger partial charge in [0.05, 0.1) is 0 Å². The minimum absolute atomic E-state index is 0.501. The molecular formula is C13H12N2O4. The number of carboxylic acid groups (broad SMARTS) is 1. The van der Waals surface area contributed by atoms with Gasteiger partial charge < -0.3 is 5.11 Å². The zero-order chi connectivity index (χ0) is 13.8. The SMILES string of the molecule is O=C(O)/C=C/C(=O)NC(=O)N1CCc2ccccc21. The number of anilines is 1. The molecule has 0 bridgehead atoms. The van der Waals surface area contributed by atoms with E-state index in [4.69, 9.17) is 5.11 Å². The minimum Gasteiger partial charge on any atom is -0.478 e. The molecule has 0 saturated carbocycles. The first-order chi connectivity index (χ1) is 9.08. The lowest BCUT2D eigenvalue weighted by Gasteiger charge is -2.16. The predicted molar refractivity (Wildman–Crippen MR) is 67.8 cm³/mol. The summed E-state index contributed by atoms with van der Waals surface area (Å²) in [7, 11) is 0. The zero-order valence-corrected chi connectivity index (χ0v) is 10.00. The molecule has 1 heterocycles. The Kier molecular flexibility index (Phi) is 3.61. The Hall–Kier alpha value is -2.63. The number of nitrogens with zero attached hydrogens (tertiary/aromatic N) is 1. The number of hydrogen-bond donors (Lipinski definition) is 2. The molecule has 1 aromatic carbocycles. The number of carbonyl (C=O) groups is 3. The molecular weight excluding hydrogens is 248 g/mol. The first-order valence-corrected chi connectivity index (χ1v) is 5.69. The van der Waals surface area contributed by atoms with Gasteiger partial charge in [0.15, 0.2) is 0 Å². The number of urea groups is 1. The van der Waals surface area contributed by atoms with Gasteiger partial charge in [-0.2, -0.15) is 0 Å². The fourth-order valence-electron chi connectivity index (χ4n) is 1.91. The molecule has 0 atom stereocenters. The van der Waals surface area contributed by atoms with E-state index >= 15 is 0 Å². The van der Waals surface area contributed by atoms with Crippen LogP contribution in [0.5, 0.6) is 0 Å². The number of benzene rings is 1. The van der Waals surface area contributed by atoms with Crippen LogP contribution in [-0.4, -0.2) is 29.6 Å². The van der Waals surface area contributed by atoms with Crippen LogP contribution in [-0.2, 0) is 16.0 Å². The molecule has 1 aliphatic heterocycles. The predicted octanol–water partition coefficient (Wildman–Crippen LogP) is 0.926. The number of amides is 3. The molecule has 0 radical (unpaired) electrons. The molecule has 19 heavy (non-hydrogen) atoms. The van der Waals surface area contributed by atoms with Crippen LogP contribution < -0.4 is 10.2 Å². The van der Waals surface area contributed by atoms with E-state index in [0.29, 0.717) is 12.6 Å². The van der Waals surface area contributed by atoms with Crippen molar-refractivity contribution < 1.29 is 19.5 Å². The van der Waals surface area contributed by atoms with E-state index in [-0.39, 0.29) is 0 Å². The summed E-state index contributed by atoms with van der Waals surface area (Å²) >= 11 is 0. The fraction of sp³-hybridized carbons (Fsp3) is 0.154. The minimum atomic E-state index is -1.24. The summed E-state index contributed by atoms with van der Waals surface area (Å²) in [6, 6.07) is 6.89. The Labute approximate surface area is 109 Å². The van der Waals surface area contributed by atoms with E-state index < -0.39 is 17.9 Å². The van der Waals surface area contributed by atoms with Gasteiger partial charge in [-0.3, -0.25) is 15.0 Å². The molecule has 2 N–H and O–H groups in total. The smallest absolute Gasteiger partial charge is 0.328 e. The van der Waals surface area contributed by atoms with Crippen molar-refractivity contribution in [2.45, 2.75) is 6.42 Å². The second-order valence-corrected chi connectivity index (χ2v) is 4.00. The first kappa shape index (κ1) is 12.8. The number of nitrogens with one attached hydrogen (secondary N) is 1. The standard InChI is InChI=1S/C13H12N2O4/c16-11(5-6-12(17)18)14-13(19)15-8-7-9-3-1-2-4-10(9)15/h1-6H,7-8H2,(H,17,18)(H,14,16,19)/b6-5+. The zero-order valence-electron chi connectivity index (χ0n) is 10.00. The fourth-order valence-corrected chi connectivity index (χ4v) is 1.91. The van der Waals surface area contributed by atoms with Crippen molar-refractivity contribution in [1.29, 1.82) is 0 Å². The van der Waals surface area contributed by atoms with Crippen LogP contribution in [0.2, 0.25) is 0 Å². The topological polar surface area (TPSA) is 86.7 Å². The number of carbonyl (C=O) groups excluding carboxylic acids is 2. The van der Waals surface area contributed by atoms with E-state index in [2.05, 4.69) is 5.32 Å². The Balaban J connectivity index is 2.02. The maximum Gasteiger partial charge on any atom is 0.328 e. The van der Waals surface area contributed by atoms with Gasteiger partial charge in [-0.15, -0.1) is 0 Å². The molecule has 6 heteroatoms. The van der Waals surface area contributed by atoms with E-state index in [0.717, 1.165) is 23.7 Å². The van der Waals surface area contributed by atoms with Crippen molar-refractivity contribution >= 4 is 23.6 Å². The second kappa shape index (κ2) is 5.34. The van der Waals surface area contributed by atoms with E-state index in [9.17, 15) is 14.4 Å². The van der Waals surface area contributed by atoms with Crippen LogP contribution in [0.25, 0.3) is 0 Å². The van der Waals surface area contributed by atoms with Gasteiger partial charge in [0, 0.05) is 24.4 Å². The number of para-hydroxylation sites is 1. The number of aliphatic carboxylic acids is 1. The summed E-state index contributed by atoms with van der Waals surface area (Å²) in [4.78, 5) is 34.9. The monoisotopic (exact) mass is 260 g/mol. The summed E-state index contributed by atoms with van der Waals surface area (Å²) in [5.41, 5.74) is 1.82. The van der Waals surface area contributed by atoms with Crippen LogP contribution in [0.4, 0.5) is 10.5 Å². The molecule has 0 aliphatic carbocycles. The highest BCUT2D eigenvalue weighted by Gasteiger charge is 2.24. The van der Waals surface area contributed by atoms with Crippen molar-refractivity contribution in [2.75, 3.05) is 11.4 Å². The quantitative estimate of drug-likeness (QED) is 0.774. The van der Waals surface area contributed by atoms with Crippen LogP contribution in [0, 0.1) is 0 Å². The third kappa shape index (κ3) is 2.98. The van der Waals surface area contributed by atoms with Crippen LogP contribution >= 0.6 is 0 Å². The molecule has 98 valence electrons. The number of hydrogen-bond acceptors (Lipinski definition) is 3. The van der Waals surface area contributed by atoms with Gasteiger partial charge in [-0.1, -0.05) is 18.2 Å². The lowest BCUT2D eigenvalue weighted by atomic mass is 10.2. The first-order valence-electron chi connectivity index (χ1n) is 5.69. The van der Waals surface area contributed by atoms with Crippen LogP contribution in [0.1, 0.15) is 5.56 Å². The summed E-state index contributed by atoms with van der Waals surface area (Å²) in [6.07, 6.45) is 2.23.